The van der Waals surface area contributed by atoms with E-state index in [1.807, 2.05) is 0 Å². The summed E-state index contributed by atoms with van der Waals surface area (Å²) in [7, 11) is 0. The molecule has 3 heteroatoms. The molecule has 0 heterocycles. The fraction of sp³-hybridized carbons (Fsp3) is 0.917. The van der Waals surface area contributed by atoms with E-state index in [-0.39, 0.29) is 11.3 Å². The Kier molecular flexibility index (Phi) is 3.44. The highest BCUT2D eigenvalue weighted by Crippen LogP contribution is 2.43. The molecule has 15 heavy (non-hydrogen) atoms. The summed E-state index contributed by atoms with van der Waals surface area (Å²) in [6.45, 7) is 6.05. The molecule has 1 aliphatic carbocycles. The Morgan fingerprint density at radius 2 is 2.13 bits per heavy atom. The molecule has 0 radical (unpaired) electrons. The Bertz CT molecular complexity index is 247. The molecule has 0 amide bonds. The van der Waals surface area contributed by atoms with Gasteiger partial charge in [0.2, 0.25) is 0 Å². The Labute approximate surface area is 91.5 Å². The van der Waals surface area contributed by atoms with E-state index in [2.05, 4.69) is 13.8 Å². The van der Waals surface area contributed by atoms with Crippen LogP contribution in [0.4, 0.5) is 0 Å². The quantitative estimate of drug-likeness (QED) is 0.758. The first-order valence-electron chi connectivity index (χ1n) is 5.77. The predicted molar refractivity (Wildman–Crippen MR) is 58.6 cm³/mol. The Balaban J connectivity index is 2.81. The van der Waals surface area contributed by atoms with Crippen LogP contribution < -0.4 is 0 Å². The van der Waals surface area contributed by atoms with Crippen LogP contribution in [0.25, 0.3) is 0 Å². The monoisotopic (exact) mass is 214 g/mol. The summed E-state index contributed by atoms with van der Waals surface area (Å²) in [4.78, 5) is 11.1. The van der Waals surface area contributed by atoms with Crippen molar-refractivity contribution >= 4 is 5.97 Å². The average molecular weight is 214 g/mol. The van der Waals surface area contributed by atoms with Crippen molar-refractivity contribution in [2.24, 2.45) is 11.3 Å². The number of aliphatic carboxylic acids is 1. The molecule has 2 atom stereocenters. The molecule has 0 bridgehead atoms. The Morgan fingerprint density at radius 1 is 1.53 bits per heavy atom. The molecule has 88 valence electrons. The zero-order valence-corrected chi connectivity index (χ0v) is 9.92. The van der Waals surface area contributed by atoms with Crippen molar-refractivity contribution in [2.75, 3.05) is 0 Å². The molecule has 0 saturated heterocycles. The maximum atomic E-state index is 11.1. The van der Waals surface area contributed by atoms with Gasteiger partial charge < -0.3 is 10.2 Å². The van der Waals surface area contributed by atoms with Gasteiger partial charge in [-0.3, -0.25) is 0 Å². The van der Waals surface area contributed by atoms with Crippen LogP contribution in [0, 0.1) is 11.3 Å². The molecular formula is C12H22O3. The van der Waals surface area contributed by atoms with Crippen molar-refractivity contribution in [1.29, 1.82) is 0 Å². The highest BCUT2D eigenvalue weighted by Gasteiger charge is 2.45. The topological polar surface area (TPSA) is 57.5 Å². The van der Waals surface area contributed by atoms with Gasteiger partial charge in [-0.25, -0.2) is 4.79 Å². The molecule has 0 aromatic carbocycles. The molecule has 2 N–H and O–H groups in total. The highest BCUT2D eigenvalue weighted by molar-refractivity contribution is 5.77. The molecule has 1 fully saturated rings. The first-order chi connectivity index (χ1) is 6.82. The van der Waals surface area contributed by atoms with Crippen LogP contribution in [0.5, 0.6) is 0 Å². The van der Waals surface area contributed by atoms with Gasteiger partial charge in [0.15, 0.2) is 5.60 Å². The predicted octanol–water partition coefficient (Wildman–Crippen LogP) is 2.43. The second kappa shape index (κ2) is 4.12. The fourth-order valence-electron chi connectivity index (χ4n) is 2.72. The van der Waals surface area contributed by atoms with Gasteiger partial charge in [0, 0.05) is 0 Å². The number of hydrogen-bond acceptors (Lipinski definition) is 2. The zero-order chi connectivity index (χ0) is 11.7. The second-order valence-electron chi connectivity index (χ2n) is 5.54. The lowest BCUT2D eigenvalue weighted by Crippen LogP contribution is -2.48. The Hall–Kier alpha value is -0.570. The van der Waals surface area contributed by atoms with Crippen LogP contribution in [0.1, 0.15) is 52.9 Å². The first kappa shape index (κ1) is 12.5. The van der Waals surface area contributed by atoms with E-state index in [9.17, 15) is 9.90 Å². The summed E-state index contributed by atoms with van der Waals surface area (Å²) in [5.74, 6) is -1.16. The third-order valence-electron chi connectivity index (χ3n) is 3.79. The molecule has 2 unspecified atom stereocenters. The summed E-state index contributed by atoms with van der Waals surface area (Å²) < 4.78 is 0. The van der Waals surface area contributed by atoms with Crippen molar-refractivity contribution < 1.29 is 15.0 Å². The van der Waals surface area contributed by atoms with Crippen LogP contribution in [0.15, 0.2) is 0 Å². The Morgan fingerprint density at radius 3 is 2.53 bits per heavy atom. The fourth-order valence-corrected chi connectivity index (χ4v) is 2.72. The third-order valence-corrected chi connectivity index (χ3v) is 3.79. The van der Waals surface area contributed by atoms with E-state index >= 15 is 0 Å². The van der Waals surface area contributed by atoms with Crippen molar-refractivity contribution in [1.82, 2.24) is 0 Å². The number of carboxylic acid groups (broad SMARTS) is 1. The smallest absolute Gasteiger partial charge is 0.335 e. The number of carbonyl (C=O) groups is 1. The molecule has 0 aliphatic heterocycles. The summed E-state index contributed by atoms with van der Waals surface area (Å²) >= 11 is 0. The molecule has 3 nitrogen and oxygen atoms in total. The van der Waals surface area contributed by atoms with Gasteiger partial charge in [0.25, 0.3) is 0 Å². The minimum atomic E-state index is -1.52. The van der Waals surface area contributed by atoms with Crippen molar-refractivity contribution in [3.63, 3.8) is 0 Å². The molecule has 1 saturated carbocycles. The SMILES string of the molecule is CCC(O)(C(=O)O)C1CCCC(C)(C)C1. The van der Waals surface area contributed by atoms with Crippen LogP contribution in [0.3, 0.4) is 0 Å². The van der Waals surface area contributed by atoms with Crippen molar-refractivity contribution in [3.8, 4) is 0 Å². The van der Waals surface area contributed by atoms with E-state index < -0.39 is 11.6 Å². The van der Waals surface area contributed by atoms with Crippen molar-refractivity contribution in [3.05, 3.63) is 0 Å². The van der Waals surface area contributed by atoms with Gasteiger partial charge in [-0.1, -0.05) is 27.2 Å². The normalized spacial score (nSPS) is 29.5. The van der Waals surface area contributed by atoms with E-state index in [1.165, 1.54) is 0 Å². The minimum absolute atomic E-state index is 0.0938. The standard InChI is InChI=1S/C12H22O3/c1-4-12(15,10(13)14)9-6-5-7-11(2,3)8-9/h9,15H,4-8H2,1-3H3,(H,13,14). The molecular weight excluding hydrogens is 192 g/mol. The number of aliphatic hydroxyl groups is 1. The van der Waals surface area contributed by atoms with Crippen LogP contribution in [-0.2, 0) is 4.79 Å². The highest BCUT2D eigenvalue weighted by atomic mass is 16.4. The van der Waals surface area contributed by atoms with E-state index in [4.69, 9.17) is 5.11 Å². The lowest BCUT2D eigenvalue weighted by molar-refractivity contribution is -0.168. The summed E-state index contributed by atoms with van der Waals surface area (Å²) in [6, 6.07) is 0. The van der Waals surface area contributed by atoms with E-state index in [0.29, 0.717) is 6.42 Å². The lowest BCUT2D eigenvalue weighted by Gasteiger charge is -2.41. The van der Waals surface area contributed by atoms with Crippen molar-refractivity contribution in [2.45, 2.75) is 58.5 Å². The summed E-state index contributed by atoms with van der Waals surface area (Å²) in [6.07, 6.45) is 4.09. The van der Waals surface area contributed by atoms with E-state index in [0.717, 1.165) is 25.7 Å². The molecule has 0 spiro atoms. The average Bonchev–Trinajstić information content (AvgIpc) is 2.14. The first-order valence-corrected chi connectivity index (χ1v) is 5.77. The number of carboxylic acids is 1. The molecule has 0 aromatic rings. The molecule has 1 aliphatic rings. The number of rotatable bonds is 3. The maximum Gasteiger partial charge on any atom is 0.335 e. The van der Waals surface area contributed by atoms with Crippen LogP contribution in [0.2, 0.25) is 0 Å². The van der Waals surface area contributed by atoms with Gasteiger partial charge in [0.05, 0.1) is 0 Å². The van der Waals surface area contributed by atoms with Gasteiger partial charge >= 0.3 is 5.97 Å². The summed E-state index contributed by atoms with van der Waals surface area (Å²) in [5.41, 5.74) is -1.35. The summed E-state index contributed by atoms with van der Waals surface area (Å²) in [5, 5.41) is 19.3. The van der Waals surface area contributed by atoms with Gasteiger partial charge in [0.1, 0.15) is 0 Å². The molecule has 0 aromatic heterocycles. The van der Waals surface area contributed by atoms with Gasteiger partial charge in [-0.15, -0.1) is 0 Å². The largest absolute Gasteiger partial charge is 0.479 e. The second-order valence-corrected chi connectivity index (χ2v) is 5.54. The molecule has 1 rings (SSSR count). The van der Waals surface area contributed by atoms with Gasteiger partial charge in [-0.05, 0) is 37.0 Å². The van der Waals surface area contributed by atoms with Gasteiger partial charge in [-0.2, -0.15) is 0 Å². The zero-order valence-electron chi connectivity index (χ0n) is 9.92. The maximum absolute atomic E-state index is 11.1. The van der Waals surface area contributed by atoms with Crippen LogP contribution in [-0.4, -0.2) is 21.8 Å². The van der Waals surface area contributed by atoms with E-state index in [1.54, 1.807) is 6.92 Å². The minimum Gasteiger partial charge on any atom is -0.479 e. The van der Waals surface area contributed by atoms with Crippen LogP contribution >= 0.6 is 0 Å². The lowest BCUT2D eigenvalue weighted by atomic mass is 9.66. The number of hydrogen-bond donors (Lipinski definition) is 2. The third kappa shape index (κ3) is 2.51.